The van der Waals surface area contributed by atoms with Crippen LogP contribution in [0, 0.1) is 0 Å². The molecule has 0 atom stereocenters. The first kappa shape index (κ1) is 57.7. The number of hydrogen-bond acceptors (Lipinski definition) is 12. The zero-order chi connectivity index (χ0) is 57.3. The molecule has 0 spiro atoms. The third kappa shape index (κ3) is 10.8. The van der Waals surface area contributed by atoms with Gasteiger partial charge in [0.1, 0.15) is 0 Å². The number of rotatable bonds is 24. The molecule has 0 unspecified atom stereocenters. The summed E-state index contributed by atoms with van der Waals surface area (Å²) in [6, 6.07) is 40.9. The van der Waals surface area contributed by atoms with E-state index in [-0.39, 0.29) is 0 Å². The second kappa shape index (κ2) is 25.9. The molecule has 6 aliphatic rings. The molecule has 0 N–H and O–H groups in total. The van der Waals surface area contributed by atoms with Crippen LogP contribution in [-0.2, 0) is 0 Å². The molecule has 7 aromatic carbocycles. The van der Waals surface area contributed by atoms with Gasteiger partial charge in [0, 0.05) is 62.8 Å². The largest absolute Gasteiger partial charge is 0.490 e. The lowest BCUT2D eigenvalue weighted by Gasteiger charge is -2.20. The molecule has 0 radical (unpaired) electrons. The van der Waals surface area contributed by atoms with Gasteiger partial charge in [-0.1, -0.05) is 187 Å². The average Bonchev–Trinajstić information content (AvgIpc) is 2.42. The van der Waals surface area contributed by atoms with E-state index < -0.39 is 0 Å². The summed E-state index contributed by atoms with van der Waals surface area (Å²) in [5.74, 6) is 4.76. The minimum atomic E-state index is 0.600. The molecule has 0 amide bonds. The van der Waals surface area contributed by atoms with Crippen molar-refractivity contribution in [2.24, 2.45) is 0 Å². The SMILES string of the molecule is CCCCOc1cc2c(cc1OCCCC)-c1c(c3c(c4c1C(=C1Sc5ccccc5S1)c1cc(OCCCC)c(OCCCC)cc1-4)C(=C1Sc4ccccc4S1)c1cc(OCCCC)c(OCCCC)cc1-3)C2=C1Sc2ccccc2S1. The molecule has 13 rings (SSSR count). The third-order valence-electron chi connectivity index (χ3n) is 16.0. The summed E-state index contributed by atoms with van der Waals surface area (Å²) in [4.78, 5) is 7.64. The first-order valence-electron chi connectivity index (χ1n) is 30.6. The fraction of sp³-hybridized carbons (Fsp3) is 0.333. The molecule has 0 bridgehead atoms. The number of ether oxygens (including phenoxy) is 6. The Morgan fingerprint density at radius 1 is 0.250 bits per heavy atom. The van der Waals surface area contributed by atoms with Crippen LogP contribution in [0.2, 0.25) is 0 Å². The fourth-order valence-electron chi connectivity index (χ4n) is 11.7. The van der Waals surface area contributed by atoms with E-state index in [4.69, 9.17) is 28.4 Å². The summed E-state index contributed by atoms with van der Waals surface area (Å²) < 4.78 is 45.5. The van der Waals surface area contributed by atoms with Gasteiger partial charge in [-0.25, -0.2) is 0 Å². The molecule has 0 saturated carbocycles. The van der Waals surface area contributed by atoms with Gasteiger partial charge in [0.15, 0.2) is 34.5 Å². The Balaban J connectivity index is 1.21. The molecule has 432 valence electrons. The predicted octanol–water partition coefficient (Wildman–Crippen LogP) is 22.5. The van der Waals surface area contributed by atoms with Crippen molar-refractivity contribution in [1.29, 1.82) is 0 Å². The molecule has 3 aliphatic carbocycles. The Hall–Kier alpha value is -5.34. The highest BCUT2D eigenvalue weighted by molar-refractivity contribution is 8.25. The highest BCUT2D eigenvalue weighted by atomic mass is 32.2. The summed E-state index contributed by atoms with van der Waals surface area (Å²) in [7, 11) is 0. The van der Waals surface area contributed by atoms with Crippen molar-refractivity contribution >= 4 is 87.3 Å². The van der Waals surface area contributed by atoms with Crippen molar-refractivity contribution in [3.8, 4) is 67.9 Å². The predicted molar refractivity (Wildman–Crippen MR) is 358 cm³/mol. The van der Waals surface area contributed by atoms with E-state index in [1.807, 2.05) is 70.6 Å². The number of benzene rings is 7. The second-order valence-corrected chi connectivity index (χ2v) is 29.0. The maximum Gasteiger partial charge on any atom is 0.161 e. The number of unbranched alkanes of at least 4 members (excludes halogenated alkanes) is 6. The van der Waals surface area contributed by atoms with Gasteiger partial charge in [0.2, 0.25) is 0 Å². The van der Waals surface area contributed by atoms with Crippen molar-refractivity contribution in [2.45, 2.75) is 148 Å². The number of hydrogen-bond donors (Lipinski definition) is 0. The van der Waals surface area contributed by atoms with E-state index in [0.717, 1.165) is 128 Å². The lowest BCUT2D eigenvalue weighted by Crippen LogP contribution is -2.03. The minimum Gasteiger partial charge on any atom is -0.490 e. The maximum absolute atomic E-state index is 6.97. The molecular weight excluding hydrogens is 1150 g/mol. The molecule has 3 aliphatic heterocycles. The van der Waals surface area contributed by atoms with E-state index in [9.17, 15) is 0 Å². The molecule has 6 nitrogen and oxygen atoms in total. The molecule has 0 aromatic heterocycles. The highest BCUT2D eigenvalue weighted by Crippen LogP contribution is 2.72. The Morgan fingerprint density at radius 2 is 0.440 bits per heavy atom. The van der Waals surface area contributed by atoms with E-state index in [2.05, 4.69) is 151 Å². The van der Waals surface area contributed by atoms with Gasteiger partial charge in [-0.15, -0.1) is 0 Å². The van der Waals surface area contributed by atoms with Gasteiger partial charge in [-0.3, -0.25) is 0 Å². The second-order valence-electron chi connectivity index (χ2n) is 21.9. The highest BCUT2D eigenvalue weighted by Gasteiger charge is 2.47. The van der Waals surface area contributed by atoms with Crippen LogP contribution in [0.25, 0.3) is 50.1 Å². The van der Waals surface area contributed by atoms with Gasteiger partial charge in [0.25, 0.3) is 0 Å². The van der Waals surface area contributed by atoms with Crippen molar-refractivity contribution in [3.05, 3.63) is 155 Å². The Kier molecular flexibility index (Phi) is 17.8. The third-order valence-corrected chi connectivity index (χ3v) is 23.7. The molecule has 12 heteroatoms. The number of fused-ring (bicyclic) bond motifs is 15. The monoisotopic (exact) mass is 1220 g/mol. The first-order chi connectivity index (χ1) is 41.4. The molecule has 7 aromatic rings. The van der Waals surface area contributed by atoms with Gasteiger partial charge in [0.05, 0.1) is 52.4 Å². The van der Waals surface area contributed by atoms with Crippen LogP contribution >= 0.6 is 70.6 Å². The van der Waals surface area contributed by atoms with Gasteiger partial charge in [-0.2, -0.15) is 0 Å². The Bertz CT molecular complexity index is 3310. The summed E-state index contributed by atoms with van der Waals surface area (Å²) >= 11 is 11.4. The smallest absolute Gasteiger partial charge is 0.161 e. The molecule has 3 heterocycles. The molecule has 0 saturated heterocycles. The summed E-state index contributed by atoms with van der Waals surface area (Å²) in [6.07, 6.45) is 11.9. The minimum absolute atomic E-state index is 0.600. The van der Waals surface area contributed by atoms with E-state index in [1.54, 1.807) is 0 Å². The van der Waals surface area contributed by atoms with E-state index >= 15 is 0 Å². The fourth-order valence-corrected chi connectivity index (χ4v) is 19.6. The zero-order valence-corrected chi connectivity index (χ0v) is 53.9. The first-order valence-corrected chi connectivity index (χ1v) is 35.5. The van der Waals surface area contributed by atoms with Gasteiger partial charge < -0.3 is 28.4 Å². The topological polar surface area (TPSA) is 55.4 Å². The van der Waals surface area contributed by atoms with Crippen molar-refractivity contribution in [1.82, 2.24) is 0 Å². The van der Waals surface area contributed by atoms with Crippen LogP contribution in [0.3, 0.4) is 0 Å². The van der Waals surface area contributed by atoms with Crippen LogP contribution in [0.1, 0.15) is 152 Å². The molecule has 84 heavy (non-hydrogen) atoms. The van der Waals surface area contributed by atoms with Gasteiger partial charge in [-0.05, 0) is 161 Å². The quantitative estimate of drug-likeness (QED) is 0.0542. The lowest BCUT2D eigenvalue weighted by atomic mass is 9.84. The van der Waals surface area contributed by atoms with E-state index in [0.29, 0.717) is 39.6 Å². The van der Waals surface area contributed by atoms with Crippen LogP contribution in [0.15, 0.2) is 151 Å². The maximum atomic E-state index is 6.97. The lowest BCUT2D eigenvalue weighted by molar-refractivity contribution is 0.262. The Labute approximate surface area is 522 Å². The molecule has 0 fully saturated rings. The molecular formula is C72H72O6S6. The van der Waals surface area contributed by atoms with Crippen LogP contribution in [0.4, 0.5) is 0 Å². The van der Waals surface area contributed by atoms with Crippen LogP contribution < -0.4 is 28.4 Å². The summed E-state index contributed by atoms with van der Waals surface area (Å²) in [5.41, 5.74) is 18.1. The van der Waals surface area contributed by atoms with Gasteiger partial charge >= 0.3 is 0 Å². The van der Waals surface area contributed by atoms with Crippen LogP contribution in [-0.4, -0.2) is 39.6 Å². The number of thioether (sulfide) groups is 6. The van der Waals surface area contributed by atoms with Crippen molar-refractivity contribution < 1.29 is 28.4 Å². The van der Waals surface area contributed by atoms with Crippen molar-refractivity contribution in [3.63, 3.8) is 0 Å². The standard InChI is InChI=1S/C72H72O6S6/c1-7-13-31-73-49-37-43-46(40-52(49)76-34-16-10-4)64(70-79-55-25-19-20-26-56(55)80-70)67-61(43)68-63(44-38-50(74-32-14-8-2)53(77-35-17-11-5)41-47(44)65(68)71-81-57-27-21-22-28-58(57)82-71)69-62(67)45-39-51(75-33-15-9-3)54(78-36-18-12-6)42-48(45)66(69)72-83-59-29-23-24-30-60(59)84-72/h19-30,37-42H,7-18,31-36H2,1-6H3. The Morgan fingerprint density at radius 3 is 0.631 bits per heavy atom. The summed E-state index contributed by atoms with van der Waals surface area (Å²) in [6.45, 7) is 17.0. The summed E-state index contributed by atoms with van der Waals surface area (Å²) in [5, 5.41) is 0. The zero-order valence-electron chi connectivity index (χ0n) is 49.0. The van der Waals surface area contributed by atoms with Crippen LogP contribution in [0.5, 0.6) is 34.5 Å². The average molecular weight is 1230 g/mol. The normalized spacial score (nSPS) is 14.5. The van der Waals surface area contributed by atoms with Crippen molar-refractivity contribution in [2.75, 3.05) is 39.6 Å². The van der Waals surface area contributed by atoms with E-state index in [1.165, 1.54) is 109 Å².